The third-order valence-electron chi connectivity index (χ3n) is 4.25. The van der Waals surface area contributed by atoms with Gasteiger partial charge in [0.2, 0.25) is 0 Å². The molecule has 3 rings (SSSR count). The van der Waals surface area contributed by atoms with Crippen LogP contribution in [-0.2, 0) is 11.3 Å². The van der Waals surface area contributed by atoms with Gasteiger partial charge in [0.25, 0.3) is 12.3 Å². The van der Waals surface area contributed by atoms with Gasteiger partial charge in [-0.25, -0.2) is 13.2 Å². The number of rotatable bonds is 8. The van der Waals surface area contributed by atoms with Gasteiger partial charge < -0.3 is 20.7 Å². The van der Waals surface area contributed by atoms with Crippen molar-refractivity contribution in [3.63, 3.8) is 0 Å². The van der Waals surface area contributed by atoms with Crippen molar-refractivity contribution in [1.29, 1.82) is 0 Å². The molecule has 0 radical (unpaired) electrons. The first-order valence-electron chi connectivity index (χ1n) is 9.10. The van der Waals surface area contributed by atoms with E-state index in [1.54, 1.807) is 6.07 Å². The fourth-order valence-electron chi connectivity index (χ4n) is 2.83. The number of thiocarbonyl (C=S) groups is 1. The predicted molar refractivity (Wildman–Crippen MR) is 110 cm³/mol. The predicted octanol–water partition coefficient (Wildman–Crippen LogP) is 3.17. The van der Waals surface area contributed by atoms with Gasteiger partial charge in [-0.3, -0.25) is 9.78 Å². The van der Waals surface area contributed by atoms with Crippen molar-refractivity contribution in [1.82, 2.24) is 15.6 Å². The van der Waals surface area contributed by atoms with Crippen molar-refractivity contribution in [3.8, 4) is 5.75 Å². The molecule has 1 aliphatic heterocycles. The van der Waals surface area contributed by atoms with Gasteiger partial charge in [-0.1, -0.05) is 12.2 Å². The number of aromatic nitrogens is 1. The maximum atomic E-state index is 13.1. The fourth-order valence-corrected chi connectivity index (χ4v) is 3.17. The Morgan fingerprint density at radius 1 is 1.27 bits per heavy atom. The molecule has 3 N–H and O–H groups in total. The molecule has 1 amide bonds. The van der Waals surface area contributed by atoms with Crippen LogP contribution >= 0.6 is 12.2 Å². The minimum Gasteiger partial charge on any atom is -0.486 e. The van der Waals surface area contributed by atoms with Crippen molar-refractivity contribution >= 4 is 28.8 Å². The summed E-state index contributed by atoms with van der Waals surface area (Å²) in [5.74, 6) is -0.488. The zero-order chi connectivity index (χ0) is 21.5. The van der Waals surface area contributed by atoms with Crippen LogP contribution in [0.25, 0.3) is 0 Å². The Kier molecular flexibility index (Phi) is 7.23. The van der Waals surface area contributed by atoms with Gasteiger partial charge in [-0.2, -0.15) is 0 Å². The van der Waals surface area contributed by atoms with Crippen molar-refractivity contribution in [2.75, 3.05) is 18.5 Å². The number of pyridine rings is 1. The molecular weight excluding hydrogens is 417 g/mol. The second-order valence-corrected chi connectivity index (χ2v) is 6.77. The summed E-state index contributed by atoms with van der Waals surface area (Å²) in [6, 6.07) is 7.23. The average molecular weight is 436 g/mol. The second-order valence-electron chi connectivity index (χ2n) is 6.36. The number of carbonyl (C=O) groups excluding carboxylic acids is 1. The molecule has 0 bridgehead atoms. The van der Waals surface area contributed by atoms with Crippen molar-refractivity contribution in [2.45, 2.75) is 19.4 Å². The van der Waals surface area contributed by atoms with Gasteiger partial charge in [-0.15, -0.1) is 0 Å². The van der Waals surface area contributed by atoms with Crippen molar-refractivity contribution in [3.05, 3.63) is 65.4 Å². The maximum absolute atomic E-state index is 13.1. The molecule has 10 heteroatoms. The molecule has 158 valence electrons. The van der Waals surface area contributed by atoms with Gasteiger partial charge >= 0.3 is 0 Å². The molecular formula is C20H19F3N4O2S. The topological polar surface area (TPSA) is 75.3 Å². The summed E-state index contributed by atoms with van der Waals surface area (Å²) in [7, 11) is 0. The lowest BCUT2D eigenvalue weighted by atomic mass is 10.1. The molecule has 0 spiro atoms. The first-order valence-corrected chi connectivity index (χ1v) is 9.51. The quantitative estimate of drug-likeness (QED) is 0.552. The number of amides is 1. The summed E-state index contributed by atoms with van der Waals surface area (Å²) >= 11 is 5.39. The monoisotopic (exact) mass is 436 g/mol. The van der Waals surface area contributed by atoms with Crippen LogP contribution in [0.2, 0.25) is 0 Å². The lowest BCUT2D eigenvalue weighted by molar-refractivity contribution is -0.117. The molecule has 2 aromatic rings. The number of hydrogen-bond donors (Lipinski definition) is 3. The van der Waals surface area contributed by atoms with Crippen LogP contribution < -0.4 is 20.7 Å². The van der Waals surface area contributed by atoms with Crippen LogP contribution in [0.5, 0.6) is 5.75 Å². The van der Waals surface area contributed by atoms with E-state index in [0.29, 0.717) is 29.9 Å². The highest BCUT2D eigenvalue weighted by Gasteiger charge is 2.24. The number of benzene rings is 1. The van der Waals surface area contributed by atoms with Gasteiger partial charge in [0.05, 0.1) is 11.8 Å². The molecule has 0 fully saturated rings. The smallest absolute Gasteiger partial charge is 0.272 e. The molecule has 0 saturated heterocycles. The Labute approximate surface area is 176 Å². The number of ether oxygens (including phenoxy) is 1. The largest absolute Gasteiger partial charge is 0.486 e. The van der Waals surface area contributed by atoms with E-state index in [1.807, 2.05) is 0 Å². The van der Waals surface area contributed by atoms with Crippen LogP contribution in [0.3, 0.4) is 0 Å². The molecule has 2 heterocycles. The van der Waals surface area contributed by atoms with E-state index in [4.69, 9.17) is 17.0 Å². The van der Waals surface area contributed by atoms with Crippen LogP contribution in [0, 0.1) is 5.82 Å². The molecule has 1 aliphatic rings. The third-order valence-corrected chi connectivity index (χ3v) is 4.55. The van der Waals surface area contributed by atoms with E-state index in [-0.39, 0.29) is 34.6 Å². The molecule has 1 aromatic heterocycles. The number of carbonyl (C=O) groups is 1. The molecule has 6 nitrogen and oxygen atoms in total. The van der Waals surface area contributed by atoms with Crippen molar-refractivity contribution < 1.29 is 22.7 Å². The molecule has 0 aliphatic carbocycles. The highest BCUT2D eigenvalue weighted by atomic mass is 32.1. The lowest BCUT2D eigenvalue weighted by Gasteiger charge is -2.23. The highest BCUT2D eigenvalue weighted by molar-refractivity contribution is 7.81. The van der Waals surface area contributed by atoms with E-state index in [0.717, 1.165) is 0 Å². The number of halogens is 3. The normalized spacial score (nSPS) is 13.8. The number of nitrogens with zero attached hydrogens (tertiary/aromatic N) is 1. The zero-order valence-corrected chi connectivity index (χ0v) is 16.6. The van der Waals surface area contributed by atoms with Crippen molar-refractivity contribution in [2.24, 2.45) is 0 Å². The Morgan fingerprint density at radius 3 is 2.77 bits per heavy atom. The first-order chi connectivity index (χ1) is 14.4. The molecule has 30 heavy (non-hydrogen) atoms. The minimum absolute atomic E-state index is 0.185. The van der Waals surface area contributed by atoms with E-state index in [1.165, 1.54) is 36.7 Å². The summed E-state index contributed by atoms with van der Waals surface area (Å²) in [6.07, 6.45) is 0.793. The van der Waals surface area contributed by atoms with E-state index in [9.17, 15) is 18.0 Å². The SMILES string of the molecule is O=C1NCCC(NCc2ccncc2OCC(F)F)=C1C(=S)Nc1ccc(F)cc1. The fraction of sp³-hybridized carbons (Fsp3) is 0.250. The van der Waals surface area contributed by atoms with Crippen LogP contribution in [0.4, 0.5) is 18.9 Å². The third kappa shape index (κ3) is 5.69. The Morgan fingerprint density at radius 2 is 2.03 bits per heavy atom. The second kappa shape index (κ2) is 10.1. The van der Waals surface area contributed by atoms with Crippen LogP contribution in [-0.4, -0.2) is 35.5 Å². The Bertz CT molecular complexity index is 951. The molecule has 0 unspecified atom stereocenters. The summed E-state index contributed by atoms with van der Waals surface area (Å²) in [4.78, 5) is 16.5. The van der Waals surface area contributed by atoms with Gasteiger partial charge in [-0.05, 0) is 30.3 Å². The summed E-state index contributed by atoms with van der Waals surface area (Å²) in [5, 5.41) is 8.83. The van der Waals surface area contributed by atoms with E-state index >= 15 is 0 Å². The lowest BCUT2D eigenvalue weighted by Crippen LogP contribution is -2.39. The van der Waals surface area contributed by atoms with Gasteiger partial charge in [0.15, 0.2) is 0 Å². The van der Waals surface area contributed by atoms with Crippen LogP contribution in [0.1, 0.15) is 12.0 Å². The average Bonchev–Trinajstić information content (AvgIpc) is 2.72. The van der Waals surface area contributed by atoms with Gasteiger partial charge in [0.1, 0.15) is 23.2 Å². The molecule has 1 aromatic carbocycles. The Hall–Kier alpha value is -3.14. The van der Waals surface area contributed by atoms with E-state index in [2.05, 4.69) is 20.9 Å². The zero-order valence-electron chi connectivity index (χ0n) is 15.8. The summed E-state index contributed by atoms with van der Waals surface area (Å²) < 4.78 is 43.1. The highest BCUT2D eigenvalue weighted by Crippen LogP contribution is 2.20. The number of anilines is 1. The number of nitrogens with one attached hydrogen (secondary N) is 3. The Balaban J connectivity index is 1.76. The van der Waals surface area contributed by atoms with Gasteiger partial charge in [0, 0.05) is 42.7 Å². The van der Waals surface area contributed by atoms with Crippen LogP contribution in [0.15, 0.2) is 54.0 Å². The number of alkyl halides is 2. The summed E-state index contributed by atoms with van der Waals surface area (Å²) in [5.41, 5.74) is 2.03. The standard InChI is InChI=1S/C20H19F3N4O2S/c21-13-1-3-14(4-2-13)27-20(30)18-15(6-8-25-19(18)28)26-9-12-5-7-24-10-16(12)29-11-17(22)23/h1-5,7,10,17,26H,6,8-9,11H2,(H,25,28)(H,27,30). The molecule has 0 saturated carbocycles. The maximum Gasteiger partial charge on any atom is 0.272 e. The first kappa shape index (κ1) is 21.6. The van der Waals surface area contributed by atoms with E-state index < -0.39 is 13.0 Å². The minimum atomic E-state index is -2.60. The molecule has 0 atom stereocenters. The number of hydrogen-bond acceptors (Lipinski definition) is 5. The summed E-state index contributed by atoms with van der Waals surface area (Å²) in [6.45, 7) is -0.0813.